The van der Waals surface area contributed by atoms with E-state index in [1.807, 2.05) is 30.3 Å². The first-order valence-corrected chi connectivity index (χ1v) is 19.3. The van der Waals surface area contributed by atoms with E-state index in [2.05, 4.69) is 40.7 Å². The fourth-order valence-electron chi connectivity index (χ4n) is 11.2. The van der Waals surface area contributed by atoms with Gasteiger partial charge < -0.3 is 19.0 Å². The van der Waals surface area contributed by atoms with Crippen LogP contribution in [0.5, 0.6) is 11.5 Å². The van der Waals surface area contributed by atoms with Crippen molar-refractivity contribution in [3.63, 3.8) is 0 Å². The SMILES string of the molecule is CC(C)CCC[C@H](C)[C@@H]1CC[C@@H]2[C@H]3CC=C4C[C@H](OC(=O)COc5cc(O)c6c(=O)cc(-c7ccccc7)oc6c5)CC[C@]4(C)[C@@H]3CC[C@@]21C. The van der Waals surface area contributed by atoms with E-state index in [4.69, 9.17) is 13.9 Å². The van der Waals surface area contributed by atoms with Crippen LogP contribution in [-0.2, 0) is 9.53 Å². The fraction of sp³-hybridized carbons (Fsp3) is 0.591. The van der Waals surface area contributed by atoms with Gasteiger partial charge in [-0.25, -0.2) is 4.79 Å². The number of rotatable bonds is 10. The van der Waals surface area contributed by atoms with Gasteiger partial charge in [0.2, 0.25) is 0 Å². The quantitative estimate of drug-likeness (QED) is 0.169. The van der Waals surface area contributed by atoms with Gasteiger partial charge in [-0.05, 0) is 91.3 Å². The van der Waals surface area contributed by atoms with Gasteiger partial charge in [-0.2, -0.15) is 0 Å². The predicted octanol–water partition coefficient (Wildman–Crippen LogP) is 10.5. The van der Waals surface area contributed by atoms with E-state index in [-0.39, 0.29) is 46.0 Å². The van der Waals surface area contributed by atoms with Gasteiger partial charge in [0.05, 0.1) is 0 Å². The van der Waals surface area contributed by atoms with Crippen LogP contribution in [0.2, 0.25) is 0 Å². The van der Waals surface area contributed by atoms with Crippen molar-refractivity contribution in [2.45, 2.75) is 111 Å². The number of benzene rings is 2. The first kappa shape index (κ1) is 34.9. The van der Waals surface area contributed by atoms with Crippen molar-refractivity contribution in [1.82, 2.24) is 0 Å². The standard InChI is InChI=1S/C44H56O6/c1-27(2)10-9-11-28(3)34-16-17-35-33-15-14-30-22-31(18-20-43(30,4)36(33)19-21-44(34,35)5)49-41(47)26-48-32-23-37(45)42-38(46)25-39(50-40(42)24-32)29-12-7-6-8-13-29/h6-8,12-14,23-25,27-28,31,33-36,45H,9-11,15-22,26H2,1-5H3/t28-,31+,33+,34-,35+,36+,43-,44+/m0/s1. The van der Waals surface area contributed by atoms with E-state index in [0.29, 0.717) is 11.2 Å². The van der Waals surface area contributed by atoms with E-state index in [0.717, 1.165) is 60.3 Å². The zero-order valence-corrected chi connectivity index (χ0v) is 30.7. The van der Waals surface area contributed by atoms with Crippen molar-refractivity contribution < 1.29 is 23.8 Å². The Hall–Kier alpha value is -3.54. The Bertz CT molecular complexity index is 1790. The molecule has 4 aliphatic rings. The summed E-state index contributed by atoms with van der Waals surface area (Å²) in [5.41, 5.74) is 2.76. The van der Waals surface area contributed by atoms with Gasteiger partial charge in [-0.15, -0.1) is 0 Å². The summed E-state index contributed by atoms with van der Waals surface area (Å²) >= 11 is 0. The predicted molar refractivity (Wildman–Crippen MR) is 198 cm³/mol. The van der Waals surface area contributed by atoms with Crippen LogP contribution in [0.15, 0.2) is 69.4 Å². The molecule has 6 nitrogen and oxygen atoms in total. The summed E-state index contributed by atoms with van der Waals surface area (Å²) in [6.45, 7) is 12.1. The third-order valence-corrected chi connectivity index (χ3v) is 13.8. The Morgan fingerprint density at radius 1 is 0.980 bits per heavy atom. The van der Waals surface area contributed by atoms with Crippen LogP contribution in [0.1, 0.15) is 105 Å². The largest absolute Gasteiger partial charge is 0.507 e. The molecule has 3 saturated carbocycles. The number of fused-ring (bicyclic) bond motifs is 6. The lowest BCUT2D eigenvalue weighted by atomic mass is 9.47. The number of aromatic hydroxyl groups is 1. The summed E-state index contributed by atoms with van der Waals surface area (Å²) in [4.78, 5) is 25.8. The molecule has 0 amide bonds. The molecule has 4 aliphatic carbocycles. The van der Waals surface area contributed by atoms with E-state index < -0.39 is 5.97 Å². The number of hydrogen-bond donors (Lipinski definition) is 1. The smallest absolute Gasteiger partial charge is 0.344 e. The molecular weight excluding hydrogens is 624 g/mol. The molecule has 0 radical (unpaired) electrons. The average Bonchev–Trinajstić information content (AvgIpc) is 3.44. The first-order valence-electron chi connectivity index (χ1n) is 19.3. The highest BCUT2D eigenvalue weighted by Crippen LogP contribution is 2.67. The molecule has 50 heavy (non-hydrogen) atoms. The van der Waals surface area contributed by atoms with Crippen LogP contribution in [-0.4, -0.2) is 23.8 Å². The minimum atomic E-state index is -0.431. The van der Waals surface area contributed by atoms with Crippen LogP contribution >= 0.6 is 0 Å². The highest BCUT2D eigenvalue weighted by molar-refractivity contribution is 5.86. The van der Waals surface area contributed by atoms with Gasteiger partial charge in [-0.1, -0.05) is 95.9 Å². The summed E-state index contributed by atoms with van der Waals surface area (Å²) in [5, 5.41) is 10.7. The van der Waals surface area contributed by atoms with Gasteiger partial charge >= 0.3 is 5.97 Å². The first-order chi connectivity index (χ1) is 24.0. The number of carbonyl (C=O) groups excluding carboxylic acids is 1. The molecule has 1 heterocycles. The summed E-state index contributed by atoms with van der Waals surface area (Å²) < 4.78 is 17.7. The van der Waals surface area contributed by atoms with Crippen molar-refractivity contribution in [3.8, 4) is 22.8 Å². The third kappa shape index (κ3) is 6.52. The van der Waals surface area contributed by atoms with E-state index >= 15 is 0 Å². The van der Waals surface area contributed by atoms with Gasteiger partial charge in [0, 0.05) is 30.2 Å². The normalized spacial score (nSPS) is 31.0. The summed E-state index contributed by atoms with van der Waals surface area (Å²) in [7, 11) is 0. The van der Waals surface area contributed by atoms with Crippen molar-refractivity contribution in [1.29, 1.82) is 0 Å². The lowest BCUT2D eigenvalue weighted by Crippen LogP contribution is -2.51. The van der Waals surface area contributed by atoms with Gasteiger partial charge in [-0.3, -0.25) is 4.79 Å². The van der Waals surface area contributed by atoms with Crippen molar-refractivity contribution >= 4 is 16.9 Å². The van der Waals surface area contributed by atoms with Crippen molar-refractivity contribution in [2.24, 2.45) is 46.3 Å². The molecule has 0 unspecified atom stereocenters. The van der Waals surface area contributed by atoms with Gasteiger partial charge in [0.15, 0.2) is 12.0 Å². The Labute approximate surface area is 297 Å². The molecule has 0 aliphatic heterocycles. The van der Waals surface area contributed by atoms with Crippen LogP contribution in [0.3, 0.4) is 0 Å². The highest BCUT2D eigenvalue weighted by atomic mass is 16.6. The van der Waals surface area contributed by atoms with E-state index in [9.17, 15) is 14.7 Å². The molecule has 1 aromatic heterocycles. The fourth-order valence-corrected chi connectivity index (χ4v) is 11.2. The highest BCUT2D eigenvalue weighted by Gasteiger charge is 2.59. The summed E-state index contributed by atoms with van der Waals surface area (Å²) in [5.74, 6) is 4.75. The lowest BCUT2D eigenvalue weighted by molar-refractivity contribution is -0.153. The zero-order valence-electron chi connectivity index (χ0n) is 30.7. The molecule has 7 rings (SSSR count). The van der Waals surface area contributed by atoms with Crippen LogP contribution in [0.25, 0.3) is 22.3 Å². The summed E-state index contributed by atoms with van der Waals surface area (Å²) in [6, 6.07) is 13.6. The van der Waals surface area contributed by atoms with Crippen LogP contribution in [0.4, 0.5) is 0 Å². The molecule has 0 spiro atoms. The average molecular weight is 681 g/mol. The number of phenols is 1. The number of phenolic OH excluding ortho intramolecular Hbond substituents is 1. The number of carbonyl (C=O) groups is 1. The second kappa shape index (κ2) is 13.9. The van der Waals surface area contributed by atoms with Crippen molar-refractivity contribution in [2.75, 3.05) is 6.61 Å². The van der Waals surface area contributed by atoms with Crippen LogP contribution in [0, 0.1) is 46.3 Å². The second-order valence-corrected chi connectivity index (χ2v) is 17.1. The monoisotopic (exact) mass is 680 g/mol. The van der Waals surface area contributed by atoms with Crippen molar-refractivity contribution in [3.05, 3.63) is 70.4 Å². The molecule has 3 aromatic rings. The lowest BCUT2D eigenvalue weighted by Gasteiger charge is -2.58. The molecule has 0 saturated heterocycles. The Morgan fingerprint density at radius 3 is 2.56 bits per heavy atom. The Balaban J connectivity index is 0.970. The molecule has 0 bridgehead atoms. The maximum absolute atomic E-state index is 13.0. The Morgan fingerprint density at radius 2 is 1.78 bits per heavy atom. The minimum absolute atomic E-state index is 0.0786. The number of allylic oxidation sites excluding steroid dienone is 1. The maximum atomic E-state index is 13.0. The van der Waals surface area contributed by atoms with Crippen LogP contribution < -0.4 is 10.2 Å². The number of ether oxygens (including phenoxy) is 2. The maximum Gasteiger partial charge on any atom is 0.344 e. The molecule has 8 atom stereocenters. The summed E-state index contributed by atoms with van der Waals surface area (Å²) in [6.07, 6.45) is 15.8. The Kier molecular flexibility index (Phi) is 9.69. The van der Waals surface area contributed by atoms with E-state index in [1.54, 1.807) is 6.07 Å². The van der Waals surface area contributed by atoms with Gasteiger partial charge in [0.25, 0.3) is 0 Å². The molecule has 268 valence electrons. The molecule has 2 aromatic carbocycles. The third-order valence-electron chi connectivity index (χ3n) is 13.8. The molecule has 3 fully saturated rings. The van der Waals surface area contributed by atoms with Gasteiger partial charge in [0.1, 0.15) is 34.3 Å². The zero-order chi connectivity index (χ0) is 35.2. The topological polar surface area (TPSA) is 86.0 Å². The van der Waals surface area contributed by atoms with E-state index in [1.165, 1.54) is 69.1 Å². The molecule has 6 heteroatoms. The molecule has 1 N–H and O–H groups in total. The number of hydrogen-bond acceptors (Lipinski definition) is 6. The minimum Gasteiger partial charge on any atom is -0.507 e. The number of esters is 1. The second-order valence-electron chi connectivity index (χ2n) is 17.1. The molecular formula is C44H56O6.